The highest BCUT2D eigenvalue weighted by molar-refractivity contribution is 5.88. The van der Waals surface area contributed by atoms with Crippen molar-refractivity contribution in [1.29, 1.82) is 0 Å². The van der Waals surface area contributed by atoms with Crippen LogP contribution >= 0.6 is 0 Å². The molecule has 2 fully saturated rings. The molecule has 0 radical (unpaired) electrons. The number of carbonyl (C=O) groups is 2. The molecule has 0 aromatic heterocycles. The van der Waals surface area contributed by atoms with E-state index in [9.17, 15) is 9.59 Å². The Morgan fingerprint density at radius 1 is 1.38 bits per heavy atom. The van der Waals surface area contributed by atoms with E-state index in [1.807, 2.05) is 0 Å². The highest BCUT2D eigenvalue weighted by atomic mass is 16.3. The predicted molar refractivity (Wildman–Crippen MR) is 57.6 cm³/mol. The third kappa shape index (κ3) is 2.19. The first-order chi connectivity index (χ1) is 7.72. The Kier molecular flexibility index (Phi) is 3.43. The molecule has 2 atom stereocenters. The second-order valence-electron chi connectivity index (χ2n) is 4.60. The fourth-order valence-electron chi connectivity index (χ4n) is 2.45. The number of hydrogen-bond donors (Lipinski definition) is 2. The van der Waals surface area contributed by atoms with Gasteiger partial charge in [0.15, 0.2) is 0 Å². The van der Waals surface area contributed by atoms with Crippen molar-refractivity contribution in [2.75, 3.05) is 19.7 Å². The number of hydrogen-bond acceptors (Lipinski definition) is 3. The second kappa shape index (κ2) is 4.82. The lowest BCUT2D eigenvalue weighted by molar-refractivity contribution is -0.137. The Bertz CT molecular complexity index is 293. The molecular weight excluding hydrogens is 208 g/mol. The lowest BCUT2D eigenvalue weighted by Gasteiger charge is -2.25. The minimum atomic E-state index is -0.313. The molecule has 2 aliphatic rings. The zero-order chi connectivity index (χ0) is 11.5. The summed E-state index contributed by atoms with van der Waals surface area (Å²) in [6.07, 6.45) is 3.07. The average Bonchev–Trinajstić information content (AvgIpc) is 2.51. The lowest BCUT2D eigenvalue weighted by Crippen LogP contribution is -2.46. The molecule has 0 bridgehead atoms. The van der Waals surface area contributed by atoms with Gasteiger partial charge in [-0.1, -0.05) is 0 Å². The Morgan fingerprint density at radius 3 is 2.88 bits per heavy atom. The molecule has 0 spiro atoms. The van der Waals surface area contributed by atoms with E-state index in [0.29, 0.717) is 19.5 Å². The van der Waals surface area contributed by atoms with Crippen molar-refractivity contribution in [3.05, 3.63) is 0 Å². The van der Waals surface area contributed by atoms with E-state index in [1.165, 1.54) is 0 Å². The maximum atomic E-state index is 11.8. The number of nitrogens with one attached hydrogen (secondary N) is 1. The van der Waals surface area contributed by atoms with E-state index in [1.54, 1.807) is 4.90 Å². The molecule has 2 unspecified atom stereocenters. The maximum absolute atomic E-state index is 11.8. The summed E-state index contributed by atoms with van der Waals surface area (Å²) in [7, 11) is 0. The van der Waals surface area contributed by atoms with Crippen LogP contribution in [-0.2, 0) is 9.59 Å². The summed E-state index contributed by atoms with van der Waals surface area (Å²) in [5.41, 5.74) is 0. The fourth-order valence-corrected chi connectivity index (χ4v) is 2.45. The average molecular weight is 226 g/mol. The number of aliphatic hydroxyl groups is 1. The summed E-state index contributed by atoms with van der Waals surface area (Å²) in [5.74, 6) is -0.0332. The summed E-state index contributed by atoms with van der Waals surface area (Å²) in [4.78, 5) is 25.2. The number of rotatable bonds is 2. The lowest BCUT2D eigenvalue weighted by atomic mass is 10.1. The first kappa shape index (κ1) is 11.4. The monoisotopic (exact) mass is 226 g/mol. The predicted octanol–water partition coefficient (Wildman–Crippen LogP) is -0.504. The van der Waals surface area contributed by atoms with E-state index in [0.717, 1.165) is 19.3 Å². The number of aliphatic hydroxyl groups excluding tert-OH is 1. The standard InChI is InChI=1S/C11H18N2O3/c14-7-8-5-10(15)13(6-8)9-3-1-2-4-12-11(9)16/h8-9,14H,1-7H2,(H,12,16). The molecule has 16 heavy (non-hydrogen) atoms. The van der Waals surface area contributed by atoms with E-state index in [2.05, 4.69) is 5.32 Å². The van der Waals surface area contributed by atoms with Crippen molar-refractivity contribution in [3.63, 3.8) is 0 Å². The van der Waals surface area contributed by atoms with Crippen molar-refractivity contribution in [1.82, 2.24) is 10.2 Å². The largest absolute Gasteiger partial charge is 0.396 e. The summed E-state index contributed by atoms with van der Waals surface area (Å²) in [5, 5.41) is 11.9. The van der Waals surface area contributed by atoms with Crippen LogP contribution in [0.1, 0.15) is 25.7 Å². The zero-order valence-electron chi connectivity index (χ0n) is 9.32. The fraction of sp³-hybridized carbons (Fsp3) is 0.818. The van der Waals surface area contributed by atoms with E-state index < -0.39 is 0 Å². The summed E-state index contributed by atoms with van der Waals surface area (Å²) < 4.78 is 0. The van der Waals surface area contributed by atoms with Gasteiger partial charge in [-0.15, -0.1) is 0 Å². The van der Waals surface area contributed by atoms with Crippen LogP contribution in [0.25, 0.3) is 0 Å². The van der Waals surface area contributed by atoms with Crippen molar-refractivity contribution >= 4 is 11.8 Å². The molecule has 90 valence electrons. The second-order valence-corrected chi connectivity index (χ2v) is 4.60. The van der Waals surface area contributed by atoms with Gasteiger partial charge in [-0.05, 0) is 19.3 Å². The molecule has 2 amide bonds. The van der Waals surface area contributed by atoms with Gasteiger partial charge in [0.25, 0.3) is 0 Å². The summed E-state index contributed by atoms with van der Waals surface area (Å²) >= 11 is 0. The molecule has 2 aliphatic heterocycles. The molecule has 2 heterocycles. The zero-order valence-corrected chi connectivity index (χ0v) is 9.32. The van der Waals surface area contributed by atoms with Crippen LogP contribution in [-0.4, -0.2) is 47.6 Å². The van der Waals surface area contributed by atoms with Crippen molar-refractivity contribution in [2.24, 2.45) is 5.92 Å². The molecular formula is C11H18N2O3. The van der Waals surface area contributed by atoms with Gasteiger partial charge in [-0.2, -0.15) is 0 Å². The van der Waals surface area contributed by atoms with Crippen LogP contribution in [0.5, 0.6) is 0 Å². The third-order valence-corrected chi connectivity index (χ3v) is 3.38. The van der Waals surface area contributed by atoms with Gasteiger partial charge in [0.2, 0.25) is 11.8 Å². The van der Waals surface area contributed by atoms with Crippen LogP contribution in [0.4, 0.5) is 0 Å². The molecule has 2 saturated heterocycles. The molecule has 0 aliphatic carbocycles. The van der Waals surface area contributed by atoms with Crippen LogP contribution in [0.2, 0.25) is 0 Å². The van der Waals surface area contributed by atoms with Gasteiger partial charge in [0.1, 0.15) is 6.04 Å². The summed E-state index contributed by atoms with van der Waals surface area (Å²) in [6, 6.07) is -0.313. The minimum Gasteiger partial charge on any atom is -0.396 e. The SMILES string of the molecule is O=C1NCCCCC1N1CC(CO)CC1=O. The molecule has 2 N–H and O–H groups in total. The normalized spacial score (nSPS) is 31.4. The van der Waals surface area contributed by atoms with Gasteiger partial charge in [0.05, 0.1) is 0 Å². The first-order valence-electron chi connectivity index (χ1n) is 5.90. The number of nitrogens with zero attached hydrogens (tertiary/aromatic N) is 1. The van der Waals surface area contributed by atoms with Gasteiger partial charge in [-0.25, -0.2) is 0 Å². The van der Waals surface area contributed by atoms with E-state index >= 15 is 0 Å². The van der Waals surface area contributed by atoms with Crippen LogP contribution in [0.15, 0.2) is 0 Å². The van der Waals surface area contributed by atoms with Crippen molar-refractivity contribution in [2.45, 2.75) is 31.7 Å². The highest BCUT2D eigenvalue weighted by Gasteiger charge is 2.37. The first-order valence-corrected chi connectivity index (χ1v) is 5.90. The molecule has 2 rings (SSSR count). The third-order valence-electron chi connectivity index (χ3n) is 3.38. The highest BCUT2D eigenvalue weighted by Crippen LogP contribution is 2.23. The number of likely N-dealkylation sites (tertiary alicyclic amines) is 1. The Morgan fingerprint density at radius 2 is 2.19 bits per heavy atom. The van der Waals surface area contributed by atoms with Gasteiger partial charge in [0, 0.05) is 32.0 Å². The van der Waals surface area contributed by atoms with Gasteiger partial charge in [-0.3, -0.25) is 9.59 Å². The Labute approximate surface area is 94.8 Å². The molecule has 0 saturated carbocycles. The molecule has 0 aromatic rings. The van der Waals surface area contributed by atoms with Crippen molar-refractivity contribution < 1.29 is 14.7 Å². The van der Waals surface area contributed by atoms with E-state index in [-0.39, 0.29) is 30.4 Å². The Balaban J connectivity index is 2.05. The van der Waals surface area contributed by atoms with Crippen LogP contribution in [0, 0.1) is 5.92 Å². The smallest absolute Gasteiger partial charge is 0.242 e. The minimum absolute atomic E-state index is 0.00102. The topological polar surface area (TPSA) is 69.6 Å². The molecule has 5 heteroatoms. The van der Waals surface area contributed by atoms with Crippen molar-refractivity contribution in [3.8, 4) is 0 Å². The quantitative estimate of drug-likeness (QED) is 0.666. The van der Waals surface area contributed by atoms with Crippen LogP contribution in [0.3, 0.4) is 0 Å². The summed E-state index contributed by atoms with van der Waals surface area (Å²) in [6.45, 7) is 1.25. The molecule has 0 aromatic carbocycles. The van der Waals surface area contributed by atoms with Gasteiger partial charge >= 0.3 is 0 Å². The maximum Gasteiger partial charge on any atom is 0.242 e. The van der Waals surface area contributed by atoms with Crippen LogP contribution < -0.4 is 5.32 Å². The number of carbonyl (C=O) groups excluding carboxylic acids is 2. The van der Waals surface area contributed by atoms with E-state index in [4.69, 9.17) is 5.11 Å². The Hall–Kier alpha value is -1.10. The van der Waals surface area contributed by atoms with Gasteiger partial charge < -0.3 is 15.3 Å². The molecule has 5 nitrogen and oxygen atoms in total. The number of amides is 2.